The lowest BCUT2D eigenvalue weighted by Gasteiger charge is -2.14. The molecule has 2 aromatic heterocycles. The summed E-state index contributed by atoms with van der Waals surface area (Å²) in [5.74, 6) is 0.0132. The van der Waals surface area contributed by atoms with E-state index in [0.29, 0.717) is 17.3 Å². The molecule has 146 valence electrons. The quantitative estimate of drug-likeness (QED) is 0.707. The molecule has 1 atom stereocenters. The number of amides is 1. The second-order valence-electron chi connectivity index (χ2n) is 6.38. The first kappa shape index (κ1) is 19.6. The first-order chi connectivity index (χ1) is 13.2. The molecule has 3 aromatic rings. The lowest BCUT2D eigenvalue weighted by molar-refractivity contribution is 0.0937. The minimum atomic E-state index is -2.28. The van der Waals surface area contributed by atoms with E-state index in [2.05, 4.69) is 24.7 Å². The van der Waals surface area contributed by atoms with Crippen LogP contribution in [-0.2, 0) is 9.73 Å². The van der Waals surface area contributed by atoms with Crippen LogP contribution in [0.5, 0.6) is 0 Å². The minimum absolute atomic E-state index is 0.213. The number of nitrogens with one attached hydrogen (secondary N) is 1. The zero-order valence-electron chi connectivity index (χ0n) is 15.5. The maximum atomic E-state index is 13.3. The molecule has 0 radical (unpaired) electrons. The van der Waals surface area contributed by atoms with Gasteiger partial charge in [-0.2, -0.15) is 14.1 Å². The van der Waals surface area contributed by atoms with Crippen molar-refractivity contribution in [3.8, 4) is 5.82 Å². The van der Waals surface area contributed by atoms with Crippen molar-refractivity contribution in [3.63, 3.8) is 0 Å². The Bertz CT molecular complexity index is 1110. The smallest absolute Gasteiger partial charge is 0.251 e. The van der Waals surface area contributed by atoms with E-state index in [0.717, 1.165) is 6.07 Å². The number of pyridine rings is 1. The van der Waals surface area contributed by atoms with Crippen molar-refractivity contribution in [3.05, 3.63) is 66.1 Å². The van der Waals surface area contributed by atoms with Gasteiger partial charge in [0.1, 0.15) is 12.1 Å². The molecule has 1 N–H and O–H groups in total. The number of hydrogen-bond donors (Lipinski definition) is 1. The summed E-state index contributed by atoms with van der Waals surface area (Å²) >= 11 is 0. The minimum Gasteiger partial charge on any atom is -0.342 e. The van der Waals surface area contributed by atoms with E-state index in [-0.39, 0.29) is 5.56 Å². The summed E-state index contributed by atoms with van der Waals surface area (Å²) in [5.41, 5.74) is 0.706. The van der Waals surface area contributed by atoms with E-state index < -0.39 is 27.5 Å². The summed E-state index contributed by atoms with van der Waals surface area (Å²) in [7, 11) is -2.28. The Morgan fingerprint density at radius 2 is 2.04 bits per heavy atom. The molecule has 0 spiro atoms. The third-order valence-electron chi connectivity index (χ3n) is 3.67. The highest BCUT2D eigenvalue weighted by Gasteiger charge is 2.18. The number of aromatic nitrogens is 4. The molecule has 0 unspecified atom stereocenters. The van der Waals surface area contributed by atoms with Gasteiger partial charge in [0, 0.05) is 27.8 Å². The van der Waals surface area contributed by atoms with Gasteiger partial charge in [-0.05, 0) is 37.3 Å². The lowest BCUT2D eigenvalue weighted by Crippen LogP contribution is -2.28. The molecule has 1 amide bonds. The monoisotopic (exact) mass is 402 g/mol. The Labute approximate surface area is 162 Å². The van der Waals surface area contributed by atoms with Gasteiger partial charge >= 0.3 is 0 Å². The number of carbonyl (C=O) groups excluding carboxylic acids is 1. The van der Waals surface area contributed by atoms with E-state index in [4.69, 9.17) is 0 Å². The fourth-order valence-electron chi connectivity index (χ4n) is 2.51. The standard InChI is InChI=1S/C18H19FN6O2S/c1-12(23-18(26)13-5-4-6-14(19)9-13)17-21-11-22-25(17)16-8-7-15(10-20-16)24-28(2,3)27/h4-12H,1-3H3,(H,23,26)/t12-/m0/s1. The predicted molar refractivity (Wildman–Crippen MR) is 104 cm³/mol. The van der Waals surface area contributed by atoms with Gasteiger partial charge in [0.2, 0.25) is 0 Å². The van der Waals surface area contributed by atoms with Crippen LogP contribution in [0.15, 0.2) is 53.3 Å². The number of nitrogens with zero attached hydrogens (tertiary/aromatic N) is 5. The van der Waals surface area contributed by atoms with Gasteiger partial charge < -0.3 is 5.32 Å². The molecule has 0 aliphatic rings. The Kier molecular flexibility index (Phi) is 5.50. The van der Waals surface area contributed by atoms with Crippen molar-refractivity contribution in [1.29, 1.82) is 0 Å². The van der Waals surface area contributed by atoms with E-state index in [1.54, 1.807) is 31.6 Å². The van der Waals surface area contributed by atoms with E-state index in [9.17, 15) is 13.4 Å². The van der Waals surface area contributed by atoms with Gasteiger partial charge in [-0.1, -0.05) is 6.07 Å². The fourth-order valence-corrected chi connectivity index (χ4v) is 3.12. The second kappa shape index (κ2) is 7.85. The van der Waals surface area contributed by atoms with Crippen LogP contribution >= 0.6 is 0 Å². The molecule has 0 saturated heterocycles. The van der Waals surface area contributed by atoms with Crippen molar-refractivity contribution in [1.82, 2.24) is 25.1 Å². The van der Waals surface area contributed by atoms with E-state index in [1.165, 1.54) is 35.4 Å². The van der Waals surface area contributed by atoms with Gasteiger partial charge in [-0.3, -0.25) is 4.79 Å². The summed E-state index contributed by atoms with van der Waals surface area (Å²) in [6.45, 7) is 1.74. The molecular weight excluding hydrogens is 383 g/mol. The van der Waals surface area contributed by atoms with Gasteiger partial charge in [-0.15, -0.1) is 0 Å². The summed E-state index contributed by atoms with van der Waals surface area (Å²) in [5, 5.41) is 6.92. The maximum absolute atomic E-state index is 13.3. The van der Waals surface area contributed by atoms with Crippen molar-refractivity contribution < 1.29 is 13.4 Å². The van der Waals surface area contributed by atoms with Crippen LogP contribution in [0, 0.1) is 5.82 Å². The molecule has 28 heavy (non-hydrogen) atoms. The zero-order chi connectivity index (χ0) is 20.3. The van der Waals surface area contributed by atoms with Gasteiger partial charge in [-0.25, -0.2) is 18.6 Å². The largest absolute Gasteiger partial charge is 0.342 e. The van der Waals surface area contributed by atoms with Crippen molar-refractivity contribution in [2.24, 2.45) is 4.36 Å². The SMILES string of the molecule is C[C@H](NC(=O)c1cccc(F)c1)c1ncnn1-c1ccc(N=S(C)(C)=O)cn1. The topological polar surface area (TPSA) is 102 Å². The number of rotatable bonds is 5. The van der Waals surface area contributed by atoms with Crippen LogP contribution in [0.25, 0.3) is 5.82 Å². The first-order valence-electron chi connectivity index (χ1n) is 8.33. The van der Waals surface area contributed by atoms with E-state index in [1.807, 2.05) is 0 Å². The van der Waals surface area contributed by atoms with Gasteiger partial charge in [0.15, 0.2) is 11.6 Å². The number of benzene rings is 1. The van der Waals surface area contributed by atoms with Gasteiger partial charge in [0.25, 0.3) is 5.91 Å². The number of hydrogen-bond acceptors (Lipinski definition) is 6. The second-order valence-corrected chi connectivity index (χ2v) is 8.93. The first-order valence-corrected chi connectivity index (χ1v) is 10.7. The number of carbonyl (C=O) groups is 1. The zero-order valence-corrected chi connectivity index (χ0v) is 16.4. The third-order valence-corrected chi connectivity index (χ3v) is 4.32. The normalized spacial score (nSPS) is 12.4. The molecule has 0 aliphatic heterocycles. The molecular formula is C18H19FN6O2S. The third kappa shape index (κ3) is 4.77. The van der Waals surface area contributed by atoms with Crippen LogP contribution in [0.2, 0.25) is 0 Å². The predicted octanol–water partition coefficient (Wildman–Crippen LogP) is 2.65. The fraction of sp³-hybridized carbons (Fsp3) is 0.222. The Hall–Kier alpha value is -3.14. The van der Waals surface area contributed by atoms with Crippen LogP contribution in [0.4, 0.5) is 10.1 Å². The molecule has 0 aliphatic carbocycles. The van der Waals surface area contributed by atoms with Crippen LogP contribution < -0.4 is 5.32 Å². The molecule has 1 aromatic carbocycles. The van der Waals surface area contributed by atoms with Crippen molar-refractivity contribution in [2.75, 3.05) is 12.5 Å². The summed E-state index contributed by atoms with van der Waals surface area (Å²) in [6.07, 6.45) is 5.92. The summed E-state index contributed by atoms with van der Waals surface area (Å²) in [6, 6.07) is 8.27. The Balaban J connectivity index is 1.81. The van der Waals surface area contributed by atoms with Crippen LogP contribution in [0.1, 0.15) is 29.1 Å². The average Bonchev–Trinajstić information content (AvgIpc) is 3.11. The summed E-state index contributed by atoms with van der Waals surface area (Å²) in [4.78, 5) is 20.8. The highest BCUT2D eigenvalue weighted by atomic mass is 32.2. The molecule has 3 rings (SSSR count). The molecule has 0 fully saturated rings. The molecule has 8 nitrogen and oxygen atoms in total. The van der Waals surface area contributed by atoms with Crippen molar-refractivity contribution >= 4 is 21.3 Å². The highest BCUT2D eigenvalue weighted by molar-refractivity contribution is 7.92. The van der Waals surface area contributed by atoms with Crippen LogP contribution in [-0.4, -0.2) is 42.4 Å². The lowest BCUT2D eigenvalue weighted by atomic mass is 10.2. The molecule has 10 heteroatoms. The number of halogens is 1. The van der Waals surface area contributed by atoms with Crippen LogP contribution in [0.3, 0.4) is 0 Å². The average molecular weight is 402 g/mol. The van der Waals surface area contributed by atoms with E-state index >= 15 is 0 Å². The molecule has 0 bridgehead atoms. The van der Waals surface area contributed by atoms with Crippen molar-refractivity contribution in [2.45, 2.75) is 13.0 Å². The highest BCUT2D eigenvalue weighted by Crippen LogP contribution is 2.18. The maximum Gasteiger partial charge on any atom is 0.251 e. The summed E-state index contributed by atoms with van der Waals surface area (Å²) < 4.78 is 30.7. The molecule has 0 saturated carbocycles. The Morgan fingerprint density at radius 1 is 1.25 bits per heavy atom. The van der Waals surface area contributed by atoms with Gasteiger partial charge in [0.05, 0.1) is 17.9 Å². The Morgan fingerprint density at radius 3 is 2.68 bits per heavy atom. The molecule has 2 heterocycles.